The van der Waals surface area contributed by atoms with E-state index in [2.05, 4.69) is 45.5 Å². The molecule has 0 unspecified atom stereocenters. The fraction of sp³-hybridized carbons (Fsp3) is 0.207. The molecule has 1 N–H and O–H groups in total. The van der Waals surface area contributed by atoms with Crippen LogP contribution >= 0.6 is 0 Å². The molecule has 0 bridgehead atoms. The van der Waals surface area contributed by atoms with Crippen LogP contribution in [0.15, 0.2) is 84.9 Å². The van der Waals surface area contributed by atoms with Gasteiger partial charge in [0.05, 0.1) is 11.2 Å². The van der Waals surface area contributed by atoms with Crippen molar-refractivity contribution in [3.63, 3.8) is 0 Å². The first-order chi connectivity index (χ1) is 16.7. The quantitative estimate of drug-likeness (QED) is 0.380. The van der Waals surface area contributed by atoms with Crippen molar-refractivity contribution in [2.24, 2.45) is 0 Å². The van der Waals surface area contributed by atoms with E-state index in [1.807, 2.05) is 48.5 Å². The fourth-order valence-corrected chi connectivity index (χ4v) is 4.20. The van der Waals surface area contributed by atoms with Gasteiger partial charge in [0.1, 0.15) is 18.2 Å². The summed E-state index contributed by atoms with van der Waals surface area (Å²) < 4.78 is 19.4. The first-order valence-corrected chi connectivity index (χ1v) is 11.7. The topological polar surface area (TPSA) is 37.4 Å². The molecule has 1 aromatic heterocycles. The third kappa shape index (κ3) is 5.68. The van der Waals surface area contributed by atoms with Gasteiger partial charge in [0, 0.05) is 38.1 Å². The van der Waals surface area contributed by atoms with Crippen LogP contribution in [-0.2, 0) is 6.61 Å². The second-order valence-electron chi connectivity index (χ2n) is 8.56. The van der Waals surface area contributed by atoms with Gasteiger partial charge in [-0.05, 0) is 59.2 Å². The Morgan fingerprint density at radius 3 is 2.47 bits per heavy atom. The Kier molecular flexibility index (Phi) is 6.94. The Bertz CT molecular complexity index is 1260. The molecule has 1 aliphatic rings. The van der Waals surface area contributed by atoms with Crippen LogP contribution in [0.2, 0.25) is 0 Å². The molecule has 34 heavy (non-hydrogen) atoms. The van der Waals surface area contributed by atoms with E-state index in [-0.39, 0.29) is 5.82 Å². The predicted molar refractivity (Wildman–Crippen MR) is 136 cm³/mol. The van der Waals surface area contributed by atoms with Crippen LogP contribution in [0, 0.1) is 5.82 Å². The zero-order valence-electron chi connectivity index (χ0n) is 19.1. The second kappa shape index (κ2) is 10.6. The summed E-state index contributed by atoms with van der Waals surface area (Å²) in [7, 11) is 0. The molecule has 0 aliphatic carbocycles. The third-order valence-electron chi connectivity index (χ3n) is 6.08. The van der Waals surface area contributed by atoms with Gasteiger partial charge in [-0.3, -0.25) is 4.90 Å². The lowest BCUT2D eigenvalue weighted by Gasteiger charge is -2.28. The minimum Gasteiger partial charge on any atom is -0.487 e. The van der Waals surface area contributed by atoms with Gasteiger partial charge in [-0.1, -0.05) is 48.5 Å². The zero-order chi connectivity index (χ0) is 23.2. The van der Waals surface area contributed by atoms with Gasteiger partial charge in [-0.25, -0.2) is 9.37 Å². The Hall–Kier alpha value is -3.54. The van der Waals surface area contributed by atoms with Crippen molar-refractivity contribution in [3.05, 3.63) is 108 Å². The molecule has 2 heterocycles. The zero-order valence-corrected chi connectivity index (χ0v) is 19.1. The molecule has 0 amide bonds. The van der Waals surface area contributed by atoms with Crippen LogP contribution in [0.1, 0.15) is 16.8 Å². The van der Waals surface area contributed by atoms with Crippen LogP contribution in [0.25, 0.3) is 22.6 Å². The van der Waals surface area contributed by atoms with Crippen LogP contribution in [0.3, 0.4) is 0 Å². The summed E-state index contributed by atoms with van der Waals surface area (Å²) in [5.74, 6) is 0.588. The minimum absolute atomic E-state index is 0.219. The van der Waals surface area contributed by atoms with Crippen molar-refractivity contribution < 1.29 is 9.13 Å². The summed E-state index contributed by atoms with van der Waals surface area (Å²) in [6.45, 7) is 5.30. The lowest BCUT2D eigenvalue weighted by atomic mass is 10.0. The van der Waals surface area contributed by atoms with E-state index in [0.717, 1.165) is 66.2 Å². The standard InChI is InChI=1S/C29H28FN3O/c30-26-10-5-22(6-11-26)19-25(20-33-17-15-31-16-18-33)23-8-13-28(14-9-23)34-21-27-12-7-24-3-1-2-4-29(24)32-27/h1-14,19,31H,15-18,20-21H2/b25-19-. The number of aromatic nitrogens is 1. The van der Waals surface area contributed by atoms with Crippen LogP contribution in [0.5, 0.6) is 5.75 Å². The number of hydrogen-bond acceptors (Lipinski definition) is 4. The number of pyridine rings is 1. The van der Waals surface area contributed by atoms with Crippen molar-refractivity contribution in [1.82, 2.24) is 15.2 Å². The van der Waals surface area contributed by atoms with E-state index < -0.39 is 0 Å². The molecule has 4 nitrogen and oxygen atoms in total. The summed E-state index contributed by atoms with van der Waals surface area (Å²) in [4.78, 5) is 7.13. The highest BCUT2D eigenvalue weighted by molar-refractivity contribution is 5.82. The summed E-state index contributed by atoms with van der Waals surface area (Å²) in [5, 5.41) is 4.53. The van der Waals surface area contributed by atoms with Gasteiger partial charge in [0.15, 0.2) is 0 Å². The van der Waals surface area contributed by atoms with Gasteiger partial charge in [0.25, 0.3) is 0 Å². The molecule has 5 rings (SSSR count). The summed E-state index contributed by atoms with van der Waals surface area (Å²) in [5.41, 5.74) is 5.21. The van der Waals surface area contributed by atoms with Gasteiger partial charge < -0.3 is 10.1 Å². The first kappa shape index (κ1) is 22.3. The molecule has 1 fully saturated rings. The van der Waals surface area contributed by atoms with Crippen molar-refractivity contribution in [2.45, 2.75) is 6.61 Å². The van der Waals surface area contributed by atoms with Crippen molar-refractivity contribution >= 4 is 22.6 Å². The largest absolute Gasteiger partial charge is 0.487 e. The maximum Gasteiger partial charge on any atom is 0.130 e. The minimum atomic E-state index is -0.219. The van der Waals surface area contributed by atoms with E-state index in [9.17, 15) is 4.39 Å². The van der Waals surface area contributed by atoms with Gasteiger partial charge in [-0.2, -0.15) is 0 Å². The van der Waals surface area contributed by atoms with E-state index in [1.54, 1.807) is 0 Å². The molecule has 3 aromatic carbocycles. The van der Waals surface area contributed by atoms with E-state index in [0.29, 0.717) is 6.61 Å². The van der Waals surface area contributed by atoms with Crippen molar-refractivity contribution in [1.29, 1.82) is 0 Å². The lowest BCUT2D eigenvalue weighted by Crippen LogP contribution is -2.43. The fourth-order valence-electron chi connectivity index (χ4n) is 4.20. The van der Waals surface area contributed by atoms with E-state index >= 15 is 0 Å². The average Bonchev–Trinajstić information content (AvgIpc) is 2.89. The number of fused-ring (bicyclic) bond motifs is 1. The van der Waals surface area contributed by atoms with E-state index in [4.69, 9.17) is 4.74 Å². The maximum atomic E-state index is 13.4. The van der Waals surface area contributed by atoms with Gasteiger partial charge >= 0.3 is 0 Å². The summed E-state index contributed by atoms with van der Waals surface area (Å²) >= 11 is 0. The average molecular weight is 454 g/mol. The molecule has 0 atom stereocenters. The number of nitrogens with zero attached hydrogens (tertiary/aromatic N) is 2. The van der Waals surface area contributed by atoms with Crippen LogP contribution in [0.4, 0.5) is 4.39 Å². The number of ether oxygens (including phenoxy) is 1. The number of rotatable bonds is 7. The Labute approximate surface area is 199 Å². The first-order valence-electron chi connectivity index (χ1n) is 11.7. The number of benzene rings is 3. The van der Waals surface area contributed by atoms with Crippen molar-refractivity contribution in [3.8, 4) is 5.75 Å². The second-order valence-corrected chi connectivity index (χ2v) is 8.56. The SMILES string of the molecule is Fc1ccc(/C=C(/CN2CCNCC2)c2ccc(OCc3ccc4ccccc4n3)cc2)cc1. The number of piperazine rings is 1. The molecule has 172 valence electrons. The van der Waals surface area contributed by atoms with Gasteiger partial charge in [-0.15, -0.1) is 0 Å². The molecule has 5 heteroatoms. The highest BCUT2D eigenvalue weighted by atomic mass is 19.1. The van der Waals surface area contributed by atoms with Crippen LogP contribution < -0.4 is 10.1 Å². The Morgan fingerprint density at radius 1 is 0.912 bits per heavy atom. The number of nitrogens with one attached hydrogen (secondary N) is 1. The van der Waals surface area contributed by atoms with E-state index in [1.165, 1.54) is 17.7 Å². The third-order valence-corrected chi connectivity index (χ3v) is 6.08. The lowest BCUT2D eigenvalue weighted by molar-refractivity contribution is 0.268. The maximum absolute atomic E-state index is 13.4. The summed E-state index contributed by atoms with van der Waals surface area (Å²) in [6.07, 6.45) is 2.15. The van der Waals surface area contributed by atoms with Gasteiger partial charge in [0.2, 0.25) is 0 Å². The molecule has 1 saturated heterocycles. The molecule has 0 radical (unpaired) electrons. The number of halogens is 1. The normalized spacial score (nSPS) is 14.9. The molecule has 4 aromatic rings. The molecular formula is C29H28FN3O. The molecular weight excluding hydrogens is 425 g/mol. The monoisotopic (exact) mass is 453 g/mol. The number of hydrogen-bond donors (Lipinski definition) is 1. The Balaban J connectivity index is 1.31. The van der Waals surface area contributed by atoms with Crippen LogP contribution in [-0.4, -0.2) is 42.6 Å². The predicted octanol–water partition coefficient (Wildman–Crippen LogP) is 5.40. The highest BCUT2D eigenvalue weighted by Gasteiger charge is 2.13. The van der Waals surface area contributed by atoms with Crippen molar-refractivity contribution in [2.75, 3.05) is 32.7 Å². The summed E-state index contributed by atoms with van der Waals surface area (Å²) in [6, 6.07) is 27.0. The Morgan fingerprint density at radius 2 is 1.68 bits per heavy atom. The highest BCUT2D eigenvalue weighted by Crippen LogP contribution is 2.24. The molecule has 1 aliphatic heterocycles. The number of para-hydroxylation sites is 1. The molecule has 0 saturated carbocycles. The smallest absolute Gasteiger partial charge is 0.130 e. The molecule has 0 spiro atoms.